The van der Waals surface area contributed by atoms with E-state index in [1.807, 2.05) is 36.4 Å². The largest absolute Gasteiger partial charge is 0.496 e. The lowest BCUT2D eigenvalue weighted by atomic mass is 10.1. The number of terminal acetylenes is 1. The number of aliphatic imine (C=N–C) groups is 1. The van der Waals surface area contributed by atoms with Gasteiger partial charge in [-0.2, -0.15) is 0 Å². The Bertz CT molecular complexity index is 828. The van der Waals surface area contributed by atoms with Crippen LogP contribution in [0.4, 0.5) is 0 Å². The Hall–Kier alpha value is -3.33. The second-order valence-corrected chi connectivity index (χ2v) is 5.89. The number of hydrogen-bond acceptors (Lipinski definition) is 4. The molecule has 0 saturated carbocycles. The predicted octanol–water partition coefficient (Wildman–Crippen LogP) is 2.62. The summed E-state index contributed by atoms with van der Waals surface area (Å²) >= 11 is 0. The molecule has 28 heavy (non-hydrogen) atoms. The number of para-hydroxylation sites is 1. The smallest absolute Gasteiger partial charge is 0.191 e. The van der Waals surface area contributed by atoms with E-state index in [4.69, 9.17) is 20.6 Å². The Balaban J connectivity index is 1.89. The number of nitrogens with one attached hydrogen (secondary N) is 2. The number of methoxy groups -OCH3 is 2. The van der Waals surface area contributed by atoms with Crippen LogP contribution in [0.1, 0.15) is 11.1 Å². The summed E-state index contributed by atoms with van der Waals surface area (Å²) in [5.41, 5.74) is 2.18. The fraction of sp³-hybridized carbons (Fsp3) is 0.318. The normalized spacial score (nSPS) is 10.7. The second kappa shape index (κ2) is 11.4. The first kappa shape index (κ1) is 21.0. The van der Waals surface area contributed by atoms with Crippen molar-refractivity contribution in [1.29, 1.82) is 0 Å². The minimum Gasteiger partial charge on any atom is -0.496 e. The number of rotatable bonds is 9. The molecule has 0 amide bonds. The SMILES string of the molecule is C#CCOc1cc(CNC(=NC)NCCc2ccccc2OC)ccc1OC. The molecule has 6 heteroatoms. The maximum atomic E-state index is 5.54. The van der Waals surface area contributed by atoms with Crippen LogP contribution in [0.5, 0.6) is 17.2 Å². The molecule has 0 saturated heterocycles. The van der Waals surface area contributed by atoms with Gasteiger partial charge in [0.25, 0.3) is 0 Å². The molecule has 0 aliphatic rings. The second-order valence-electron chi connectivity index (χ2n) is 5.89. The van der Waals surface area contributed by atoms with Crippen LogP contribution in [0.3, 0.4) is 0 Å². The fourth-order valence-corrected chi connectivity index (χ4v) is 2.69. The molecule has 148 valence electrons. The van der Waals surface area contributed by atoms with Gasteiger partial charge in [0, 0.05) is 20.1 Å². The maximum absolute atomic E-state index is 5.54. The average molecular weight is 381 g/mol. The Labute approximate surface area is 166 Å². The predicted molar refractivity (Wildman–Crippen MR) is 112 cm³/mol. The van der Waals surface area contributed by atoms with Gasteiger partial charge in [0.1, 0.15) is 12.4 Å². The molecule has 2 aromatic carbocycles. The van der Waals surface area contributed by atoms with Crippen molar-refractivity contribution in [3.05, 3.63) is 53.6 Å². The van der Waals surface area contributed by atoms with Crippen LogP contribution in [-0.4, -0.2) is 40.4 Å². The van der Waals surface area contributed by atoms with Gasteiger partial charge in [-0.1, -0.05) is 30.2 Å². The third-order valence-electron chi connectivity index (χ3n) is 4.10. The Morgan fingerprint density at radius 3 is 2.54 bits per heavy atom. The van der Waals surface area contributed by atoms with Gasteiger partial charge in [-0.05, 0) is 35.7 Å². The zero-order valence-corrected chi connectivity index (χ0v) is 16.6. The van der Waals surface area contributed by atoms with Crippen LogP contribution >= 0.6 is 0 Å². The summed E-state index contributed by atoms with van der Waals surface area (Å²) in [5.74, 6) is 5.35. The molecule has 0 bridgehead atoms. The lowest BCUT2D eigenvalue weighted by molar-refractivity contribution is 0.330. The molecule has 2 N–H and O–H groups in total. The van der Waals surface area contributed by atoms with E-state index in [1.54, 1.807) is 21.3 Å². The molecule has 0 spiro atoms. The fourth-order valence-electron chi connectivity index (χ4n) is 2.69. The minimum absolute atomic E-state index is 0.194. The van der Waals surface area contributed by atoms with Gasteiger partial charge in [-0.3, -0.25) is 4.99 Å². The molecule has 0 radical (unpaired) electrons. The molecule has 6 nitrogen and oxygen atoms in total. The summed E-state index contributed by atoms with van der Waals surface area (Å²) in [7, 11) is 5.03. The minimum atomic E-state index is 0.194. The molecule has 0 heterocycles. The van der Waals surface area contributed by atoms with Gasteiger partial charge < -0.3 is 24.8 Å². The number of guanidine groups is 1. The van der Waals surface area contributed by atoms with Crippen molar-refractivity contribution in [3.8, 4) is 29.6 Å². The Morgan fingerprint density at radius 1 is 1.04 bits per heavy atom. The van der Waals surface area contributed by atoms with E-state index < -0.39 is 0 Å². The van der Waals surface area contributed by atoms with Crippen LogP contribution in [0.15, 0.2) is 47.5 Å². The number of benzene rings is 2. The van der Waals surface area contributed by atoms with E-state index in [0.717, 1.165) is 35.8 Å². The topological polar surface area (TPSA) is 64.1 Å². The monoisotopic (exact) mass is 381 g/mol. The molecular weight excluding hydrogens is 354 g/mol. The average Bonchev–Trinajstić information content (AvgIpc) is 2.74. The first-order chi connectivity index (χ1) is 13.7. The lowest BCUT2D eigenvalue weighted by Gasteiger charge is -2.14. The van der Waals surface area contributed by atoms with Gasteiger partial charge in [-0.15, -0.1) is 6.42 Å². The molecule has 0 aromatic heterocycles. The van der Waals surface area contributed by atoms with Gasteiger partial charge in [0.2, 0.25) is 0 Å². The standard InChI is InChI=1S/C22H27N3O3/c1-5-14-28-21-15-17(10-11-20(21)27-4)16-25-22(23-2)24-13-12-18-8-6-7-9-19(18)26-3/h1,6-11,15H,12-14,16H2,2-4H3,(H2,23,24,25). The van der Waals surface area contributed by atoms with Crippen molar-refractivity contribution in [3.63, 3.8) is 0 Å². The summed E-state index contributed by atoms with van der Waals surface area (Å²) < 4.78 is 16.2. The van der Waals surface area contributed by atoms with E-state index in [-0.39, 0.29) is 6.61 Å². The van der Waals surface area contributed by atoms with Crippen LogP contribution in [-0.2, 0) is 13.0 Å². The molecule has 0 unspecified atom stereocenters. The van der Waals surface area contributed by atoms with Gasteiger partial charge >= 0.3 is 0 Å². The summed E-state index contributed by atoms with van der Waals surface area (Å²) in [6.07, 6.45) is 6.10. The molecule has 2 aromatic rings. The number of hydrogen-bond donors (Lipinski definition) is 2. The number of nitrogens with zero attached hydrogens (tertiary/aromatic N) is 1. The van der Waals surface area contributed by atoms with Crippen molar-refractivity contribution in [2.24, 2.45) is 4.99 Å². The van der Waals surface area contributed by atoms with Crippen LogP contribution in [0.25, 0.3) is 0 Å². The van der Waals surface area contributed by atoms with E-state index >= 15 is 0 Å². The summed E-state index contributed by atoms with van der Waals surface area (Å²) in [6.45, 7) is 1.52. The number of ether oxygens (including phenoxy) is 3. The summed E-state index contributed by atoms with van der Waals surface area (Å²) in [5, 5.41) is 6.60. The van der Waals surface area contributed by atoms with Crippen LogP contribution < -0.4 is 24.8 Å². The zero-order chi connectivity index (χ0) is 20.2. The molecule has 2 rings (SSSR count). The third-order valence-corrected chi connectivity index (χ3v) is 4.10. The molecule has 0 atom stereocenters. The van der Waals surface area contributed by atoms with Crippen molar-refractivity contribution >= 4 is 5.96 Å². The third kappa shape index (κ3) is 6.13. The van der Waals surface area contributed by atoms with E-state index in [2.05, 4.69) is 27.6 Å². The van der Waals surface area contributed by atoms with Crippen LogP contribution in [0.2, 0.25) is 0 Å². The van der Waals surface area contributed by atoms with Gasteiger partial charge in [0.15, 0.2) is 17.5 Å². The summed E-state index contributed by atoms with van der Waals surface area (Å²) in [6, 6.07) is 13.7. The Kier molecular flexibility index (Phi) is 8.54. The zero-order valence-electron chi connectivity index (χ0n) is 16.6. The van der Waals surface area contributed by atoms with Crippen LogP contribution in [0, 0.1) is 12.3 Å². The molecule has 0 aliphatic heterocycles. The van der Waals surface area contributed by atoms with Crippen molar-refractivity contribution < 1.29 is 14.2 Å². The van der Waals surface area contributed by atoms with Crippen molar-refractivity contribution in [2.75, 3.05) is 34.4 Å². The first-order valence-electron chi connectivity index (χ1n) is 9.01. The Morgan fingerprint density at radius 2 is 1.82 bits per heavy atom. The maximum Gasteiger partial charge on any atom is 0.191 e. The van der Waals surface area contributed by atoms with E-state index in [0.29, 0.717) is 18.0 Å². The van der Waals surface area contributed by atoms with Gasteiger partial charge in [0.05, 0.1) is 14.2 Å². The molecule has 0 fully saturated rings. The quantitative estimate of drug-likeness (QED) is 0.397. The van der Waals surface area contributed by atoms with Crippen molar-refractivity contribution in [2.45, 2.75) is 13.0 Å². The molecular formula is C22H27N3O3. The highest BCUT2D eigenvalue weighted by Crippen LogP contribution is 2.28. The first-order valence-corrected chi connectivity index (χ1v) is 9.01. The lowest BCUT2D eigenvalue weighted by Crippen LogP contribution is -2.37. The van der Waals surface area contributed by atoms with Crippen molar-refractivity contribution in [1.82, 2.24) is 10.6 Å². The van der Waals surface area contributed by atoms with E-state index in [9.17, 15) is 0 Å². The highest BCUT2D eigenvalue weighted by Gasteiger charge is 2.07. The summed E-state index contributed by atoms with van der Waals surface area (Å²) in [4.78, 5) is 4.26. The molecule has 0 aliphatic carbocycles. The highest BCUT2D eigenvalue weighted by atomic mass is 16.5. The highest BCUT2D eigenvalue weighted by molar-refractivity contribution is 5.79. The van der Waals surface area contributed by atoms with Gasteiger partial charge in [-0.25, -0.2) is 0 Å². The van der Waals surface area contributed by atoms with E-state index in [1.165, 1.54) is 0 Å².